The molecule has 1 unspecified atom stereocenters. The molecule has 9 heteroatoms. The molecule has 230 valence electrons. The third-order valence-electron chi connectivity index (χ3n) is 10.1. The number of rotatable bonds is 7. The van der Waals surface area contributed by atoms with E-state index in [2.05, 4.69) is 48.3 Å². The van der Waals surface area contributed by atoms with Gasteiger partial charge in [-0.05, 0) is 87.5 Å². The van der Waals surface area contributed by atoms with Gasteiger partial charge in [0.25, 0.3) is 0 Å². The number of hydrogen-bond donors (Lipinski definition) is 1. The van der Waals surface area contributed by atoms with Gasteiger partial charge in [-0.3, -0.25) is 14.7 Å². The minimum atomic E-state index is -0.487. The number of hydrogen-bond acceptors (Lipinski definition) is 7. The van der Waals surface area contributed by atoms with Crippen molar-refractivity contribution in [3.8, 4) is 22.6 Å². The lowest BCUT2D eigenvalue weighted by molar-refractivity contribution is -0.119. The summed E-state index contributed by atoms with van der Waals surface area (Å²) in [7, 11) is 0. The highest BCUT2D eigenvalue weighted by Crippen LogP contribution is 2.47. The molecule has 1 saturated carbocycles. The minimum absolute atomic E-state index is 0.0598. The fourth-order valence-corrected chi connectivity index (χ4v) is 7.48. The second-order valence-electron chi connectivity index (χ2n) is 13.8. The van der Waals surface area contributed by atoms with E-state index >= 15 is 0 Å². The molecule has 1 amide bonds. The predicted octanol–water partition coefficient (Wildman–Crippen LogP) is 6.68. The van der Waals surface area contributed by atoms with Crippen LogP contribution >= 0.6 is 0 Å². The standard InChI is InChI=1S/C36H37FN6O2/c1-35(2)28-9-5-23(16-29(28)41-34(35)44)19-42-14-11-36(20-42)12-15-43(21-36)33-31(18-38-22-40-33)45-30-10-8-25(37)17-27(30)26-4-3-13-39-32(26)24-6-7-24/h3-5,8-10,13,16-18,22,24H,6-7,11-12,14-15,19-21H2,1-2H3,(H,41,44). The highest BCUT2D eigenvalue weighted by atomic mass is 19.1. The number of amides is 1. The molecule has 3 aliphatic heterocycles. The smallest absolute Gasteiger partial charge is 0.234 e. The molecule has 1 N–H and O–H groups in total. The van der Waals surface area contributed by atoms with E-state index in [9.17, 15) is 9.18 Å². The van der Waals surface area contributed by atoms with Gasteiger partial charge in [-0.15, -0.1) is 0 Å². The highest BCUT2D eigenvalue weighted by molar-refractivity contribution is 6.05. The van der Waals surface area contributed by atoms with Crippen LogP contribution < -0.4 is 15.0 Å². The van der Waals surface area contributed by atoms with E-state index in [0.29, 0.717) is 23.0 Å². The molecule has 1 spiro atoms. The molecule has 4 aromatic rings. The van der Waals surface area contributed by atoms with Crippen LogP contribution in [0.4, 0.5) is 15.9 Å². The average Bonchev–Trinajstić information content (AvgIpc) is 3.63. The number of pyridine rings is 1. The van der Waals surface area contributed by atoms with Crippen molar-refractivity contribution >= 4 is 17.4 Å². The maximum atomic E-state index is 14.6. The van der Waals surface area contributed by atoms with Gasteiger partial charge in [-0.25, -0.2) is 14.4 Å². The summed E-state index contributed by atoms with van der Waals surface area (Å²) in [6.07, 6.45) is 9.48. The number of carbonyl (C=O) groups excluding carboxylic acids is 1. The first-order chi connectivity index (χ1) is 21.8. The van der Waals surface area contributed by atoms with Crippen molar-refractivity contribution in [2.45, 2.75) is 57.4 Å². The Balaban J connectivity index is 0.992. The summed E-state index contributed by atoms with van der Waals surface area (Å²) in [5, 5.41) is 3.06. The van der Waals surface area contributed by atoms with E-state index in [1.54, 1.807) is 24.8 Å². The highest BCUT2D eigenvalue weighted by Gasteiger charge is 2.44. The van der Waals surface area contributed by atoms with Crippen LogP contribution in [0, 0.1) is 11.2 Å². The Hall–Kier alpha value is -4.37. The van der Waals surface area contributed by atoms with Gasteiger partial charge in [0.1, 0.15) is 17.9 Å². The second kappa shape index (κ2) is 10.6. The number of ether oxygens (including phenoxy) is 1. The van der Waals surface area contributed by atoms with Crippen LogP contribution in [0.15, 0.2) is 67.3 Å². The van der Waals surface area contributed by atoms with Gasteiger partial charge < -0.3 is 15.0 Å². The maximum Gasteiger partial charge on any atom is 0.234 e. The van der Waals surface area contributed by atoms with Crippen LogP contribution in [0.1, 0.15) is 62.3 Å². The van der Waals surface area contributed by atoms with Crippen molar-refractivity contribution in [2.75, 3.05) is 36.4 Å². The first-order valence-corrected chi connectivity index (χ1v) is 15.9. The fraction of sp³-hybridized carbons (Fsp3) is 0.389. The van der Waals surface area contributed by atoms with E-state index in [1.807, 2.05) is 26.0 Å². The summed E-state index contributed by atoms with van der Waals surface area (Å²) in [6, 6.07) is 15.0. The van der Waals surface area contributed by atoms with Gasteiger partial charge in [0.15, 0.2) is 11.6 Å². The van der Waals surface area contributed by atoms with Crippen molar-refractivity contribution in [2.24, 2.45) is 5.41 Å². The average molecular weight is 605 g/mol. The quantitative estimate of drug-likeness (QED) is 0.252. The summed E-state index contributed by atoms with van der Waals surface area (Å²) < 4.78 is 21.1. The predicted molar refractivity (Wildman–Crippen MR) is 171 cm³/mol. The zero-order valence-corrected chi connectivity index (χ0v) is 25.7. The summed E-state index contributed by atoms with van der Waals surface area (Å²) in [5.74, 6) is 2.06. The lowest BCUT2D eigenvalue weighted by atomic mass is 9.86. The van der Waals surface area contributed by atoms with Crippen molar-refractivity contribution in [1.82, 2.24) is 19.9 Å². The Morgan fingerprint density at radius 3 is 2.73 bits per heavy atom. The number of nitrogens with zero attached hydrogens (tertiary/aromatic N) is 5. The van der Waals surface area contributed by atoms with Gasteiger partial charge in [-0.1, -0.05) is 18.2 Å². The topological polar surface area (TPSA) is 83.5 Å². The molecule has 2 saturated heterocycles. The number of anilines is 2. The molecule has 1 atom stereocenters. The molecule has 4 aliphatic rings. The van der Waals surface area contributed by atoms with Crippen molar-refractivity contribution in [3.63, 3.8) is 0 Å². The zero-order valence-electron chi connectivity index (χ0n) is 25.7. The summed E-state index contributed by atoms with van der Waals surface area (Å²) in [4.78, 5) is 30.9. The summed E-state index contributed by atoms with van der Waals surface area (Å²) >= 11 is 0. The third-order valence-corrected chi connectivity index (χ3v) is 10.1. The van der Waals surface area contributed by atoms with E-state index in [0.717, 1.165) is 86.7 Å². The number of carbonyl (C=O) groups is 1. The van der Waals surface area contributed by atoms with Crippen LogP contribution in [-0.4, -0.2) is 51.9 Å². The number of aromatic nitrogens is 3. The fourth-order valence-electron chi connectivity index (χ4n) is 7.48. The number of fused-ring (bicyclic) bond motifs is 1. The van der Waals surface area contributed by atoms with Crippen LogP contribution in [0.5, 0.6) is 11.5 Å². The second-order valence-corrected chi connectivity index (χ2v) is 13.8. The molecule has 5 heterocycles. The molecule has 8 rings (SSSR count). The molecule has 8 nitrogen and oxygen atoms in total. The van der Waals surface area contributed by atoms with E-state index in [-0.39, 0.29) is 17.1 Å². The molecule has 2 aromatic carbocycles. The van der Waals surface area contributed by atoms with Gasteiger partial charge in [0.05, 0.1) is 17.3 Å². The molecule has 0 radical (unpaired) electrons. The summed E-state index contributed by atoms with van der Waals surface area (Å²) in [5.41, 5.74) is 5.52. The molecule has 0 bridgehead atoms. The van der Waals surface area contributed by atoms with E-state index in [1.165, 1.54) is 17.7 Å². The van der Waals surface area contributed by atoms with Crippen molar-refractivity contribution < 1.29 is 13.9 Å². The zero-order chi connectivity index (χ0) is 30.8. The first kappa shape index (κ1) is 28.1. The van der Waals surface area contributed by atoms with E-state index in [4.69, 9.17) is 4.74 Å². The molecule has 3 fully saturated rings. The van der Waals surface area contributed by atoms with Crippen LogP contribution in [0.25, 0.3) is 11.1 Å². The first-order valence-electron chi connectivity index (χ1n) is 15.9. The monoisotopic (exact) mass is 604 g/mol. The van der Waals surface area contributed by atoms with Crippen LogP contribution in [0.3, 0.4) is 0 Å². The molecule has 2 aromatic heterocycles. The van der Waals surface area contributed by atoms with Gasteiger partial charge in [-0.2, -0.15) is 0 Å². The SMILES string of the molecule is CC1(C)C(=O)Nc2cc(CN3CCC4(CCN(c5ncncc5Oc5ccc(F)cc5-c5cccnc5C5CC5)C4)C3)ccc21. The number of halogens is 1. The lowest BCUT2D eigenvalue weighted by Gasteiger charge is -2.26. The number of likely N-dealkylation sites (tertiary alicyclic amines) is 1. The van der Waals surface area contributed by atoms with Gasteiger partial charge in [0, 0.05) is 60.5 Å². The van der Waals surface area contributed by atoms with Crippen molar-refractivity contribution in [1.29, 1.82) is 0 Å². The molecular weight excluding hydrogens is 567 g/mol. The van der Waals surface area contributed by atoms with Crippen LogP contribution in [-0.2, 0) is 16.8 Å². The maximum absolute atomic E-state index is 14.6. The van der Waals surface area contributed by atoms with Gasteiger partial charge in [0.2, 0.25) is 5.91 Å². The summed E-state index contributed by atoms with van der Waals surface area (Å²) in [6.45, 7) is 8.61. The Kier molecular flexibility index (Phi) is 6.64. The normalized spacial score (nSPS) is 22.2. The number of benzene rings is 2. The number of nitrogens with one attached hydrogen (secondary N) is 1. The molecule has 45 heavy (non-hydrogen) atoms. The largest absolute Gasteiger partial charge is 0.451 e. The Labute approximate surface area is 262 Å². The third kappa shape index (κ3) is 5.13. The van der Waals surface area contributed by atoms with Crippen molar-refractivity contribution in [3.05, 3.63) is 89.9 Å². The van der Waals surface area contributed by atoms with Gasteiger partial charge >= 0.3 is 0 Å². The Bertz CT molecular complexity index is 1810. The Morgan fingerprint density at radius 2 is 1.87 bits per heavy atom. The Morgan fingerprint density at radius 1 is 1.00 bits per heavy atom. The minimum Gasteiger partial charge on any atom is -0.451 e. The molecular formula is C36H37FN6O2. The lowest BCUT2D eigenvalue weighted by Crippen LogP contribution is -2.31. The van der Waals surface area contributed by atoms with Crippen LogP contribution in [0.2, 0.25) is 0 Å². The molecule has 1 aliphatic carbocycles. The van der Waals surface area contributed by atoms with E-state index < -0.39 is 5.41 Å².